The number of nitrogens with two attached hydrogens (primary N) is 1. The minimum Gasteiger partial charge on any atom is -0.399 e. The third-order valence-electron chi connectivity index (χ3n) is 2.42. The van der Waals surface area contributed by atoms with Crippen LogP contribution in [0.4, 0.5) is 10.1 Å². The smallest absolute Gasteiger partial charge is 0.141 e. The number of hydrogen-bond donors (Lipinski definition) is 1. The minimum absolute atomic E-state index is 0.261. The largest absolute Gasteiger partial charge is 0.399 e. The van der Waals surface area contributed by atoms with Crippen LogP contribution in [0.1, 0.15) is 26.7 Å². The fourth-order valence-electron chi connectivity index (χ4n) is 1.63. The van der Waals surface area contributed by atoms with Gasteiger partial charge in [0.2, 0.25) is 0 Å². The number of anilines is 1. The van der Waals surface area contributed by atoms with Gasteiger partial charge >= 0.3 is 0 Å². The van der Waals surface area contributed by atoms with Crippen molar-refractivity contribution in [1.82, 2.24) is 0 Å². The van der Waals surface area contributed by atoms with E-state index < -0.39 is 16.6 Å². The third kappa shape index (κ3) is 3.59. The topological polar surface area (TPSA) is 43.1 Å². The SMILES string of the molecule is CCCC(C)CS(=O)c1ccc(N)cc1F. The molecule has 0 aliphatic rings. The molecule has 90 valence electrons. The van der Waals surface area contributed by atoms with Gasteiger partial charge in [-0.05, 0) is 24.1 Å². The first-order valence-electron chi connectivity index (χ1n) is 5.48. The summed E-state index contributed by atoms with van der Waals surface area (Å²) in [7, 11) is -1.27. The molecule has 0 aromatic heterocycles. The maximum absolute atomic E-state index is 13.5. The van der Waals surface area contributed by atoms with Crippen molar-refractivity contribution in [3.8, 4) is 0 Å². The Hall–Kier alpha value is -0.900. The van der Waals surface area contributed by atoms with Crippen molar-refractivity contribution in [3.05, 3.63) is 24.0 Å². The molecule has 0 aliphatic carbocycles. The van der Waals surface area contributed by atoms with E-state index in [-0.39, 0.29) is 4.90 Å². The summed E-state index contributed by atoms with van der Waals surface area (Å²) >= 11 is 0. The first kappa shape index (κ1) is 13.2. The Morgan fingerprint density at radius 1 is 1.50 bits per heavy atom. The molecule has 1 aromatic rings. The number of benzene rings is 1. The van der Waals surface area contributed by atoms with Crippen molar-refractivity contribution in [1.29, 1.82) is 0 Å². The maximum Gasteiger partial charge on any atom is 0.141 e. The number of nitrogen functional groups attached to an aromatic ring is 1. The molecule has 0 fully saturated rings. The predicted molar refractivity (Wildman–Crippen MR) is 66.2 cm³/mol. The summed E-state index contributed by atoms with van der Waals surface area (Å²) in [5.41, 5.74) is 5.80. The number of halogens is 1. The van der Waals surface area contributed by atoms with E-state index in [0.717, 1.165) is 12.8 Å². The second-order valence-electron chi connectivity index (χ2n) is 4.10. The predicted octanol–water partition coefficient (Wildman–Crippen LogP) is 2.95. The van der Waals surface area contributed by atoms with Crippen LogP contribution in [-0.2, 0) is 10.8 Å². The summed E-state index contributed by atoms with van der Waals surface area (Å²) in [5.74, 6) is 0.388. The van der Waals surface area contributed by atoms with Crippen LogP contribution in [0.3, 0.4) is 0 Å². The van der Waals surface area contributed by atoms with Crippen LogP contribution >= 0.6 is 0 Å². The molecule has 0 amide bonds. The highest BCUT2D eigenvalue weighted by atomic mass is 32.2. The number of hydrogen-bond acceptors (Lipinski definition) is 2. The van der Waals surface area contributed by atoms with Crippen molar-refractivity contribution < 1.29 is 8.60 Å². The van der Waals surface area contributed by atoms with E-state index in [4.69, 9.17) is 5.73 Å². The zero-order valence-electron chi connectivity index (χ0n) is 9.70. The standard InChI is InChI=1S/C12H18FNOS/c1-3-4-9(2)8-16(15)12-6-5-10(14)7-11(12)13/h5-7,9H,3-4,8,14H2,1-2H3. The molecule has 4 heteroatoms. The van der Waals surface area contributed by atoms with Crippen molar-refractivity contribution in [3.63, 3.8) is 0 Å². The van der Waals surface area contributed by atoms with Gasteiger partial charge in [0.25, 0.3) is 0 Å². The number of rotatable bonds is 5. The first-order valence-corrected chi connectivity index (χ1v) is 6.80. The lowest BCUT2D eigenvalue weighted by Gasteiger charge is -2.10. The van der Waals surface area contributed by atoms with E-state index in [1.165, 1.54) is 12.1 Å². The molecular formula is C12H18FNOS. The molecule has 1 aromatic carbocycles. The summed E-state index contributed by atoms with van der Waals surface area (Å²) in [6, 6.07) is 4.32. The summed E-state index contributed by atoms with van der Waals surface area (Å²) < 4.78 is 25.4. The normalized spacial score (nSPS) is 14.7. The van der Waals surface area contributed by atoms with E-state index in [1.807, 2.05) is 6.92 Å². The second-order valence-corrected chi connectivity index (χ2v) is 5.56. The highest BCUT2D eigenvalue weighted by Crippen LogP contribution is 2.18. The molecule has 0 bridgehead atoms. The molecule has 0 saturated heterocycles. The molecule has 16 heavy (non-hydrogen) atoms. The fourth-order valence-corrected chi connectivity index (χ4v) is 2.99. The Balaban J connectivity index is 2.73. The lowest BCUT2D eigenvalue weighted by atomic mass is 10.1. The first-order chi connectivity index (χ1) is 7.54. The molecule has 0 saturated carbocycles. The summed E-state index contributed by atoms with van der Waals surface area (Å²) in [5, 5.41) is 0. The lowest BCUT2D eigenvalue weighted by Crippen LogP contribution is -2.09. The van der Waals surface area contributed by atoms with Gasteiger partial charge in [-0.3, -0.25) is 4.21 Å². The Kier molecular flexibility index (Phi) is 4.93. The Bertz CT molecular complexity index is 381. The summed E-state index contributed by atoms with van der Waals surface area (Å²) in [6.07, 6.45) is 2.07. The molecule has 1 rings (SSSR count). The highest BCUT2D eigenvalue weighted by Gasteiger charge is 2.13. The van der Waals surface area contributed by atoms with E-state index in [2.05, 4.69) is 6.92 Å². The molecule has 2 unspecified atom stereocenters. The van der Waals surface area contributed by atoms with E-state index in [1.54, 1.807) is 6.07 Å². The molecular weight excluding hydrogens is 225 g/mol. The van der Waals surface area contributed by atoms with E-state index in [0.29, 0.717) is 17.4 Å². The van der Waals surface area contributed by atoms with Gasteiger partial charge in [-0.1, -0.05) is 26.7 Å². The van der Waals surface area contributed by atoms with Crippen molar-refractivity contribution >= 4 is 16.5 Å². The van der Waals surface area contributed by atoms with Crippen LogP contribution in [0.15, 0.2) is 23.1 Å². The molecule has 2 N–H and O–H groups in total. The van der Waals surface area contributed by atoms with Gasteiger partial charge in [-0.25, -0.2) is 4.39 Å². The van der Waals surface area contributed by atoms with Crippen LogP contribution in [0.2, 0.25) is 0 Å². The van der Waals surface area contributed by atoms with E-state index in [9.17, 15) is 8.60 Å². The quantitative estimate of drug-likeness (QED) is 0.808. The molecule has 0 heterocycles. The van der Waals surface area contributed by atoms with Crippen LogP contribution in [0, 0.1) is 11.7 Å². The van der Waals surface area contributed by atoms with Crippen LogP contribution < -0.4 is 5.73 Å². The lowest BCUT2D eigenvalue weighted by molar-refractivity contribution is 0.567. The van der Waals surface area contributed by atoms with Gasteiger partial charge in [0, 0.05) is 11.4 Å². The third-order valence-corrected chi connectivity index (χ3v) is 4.11. The van der Waals surface area contributed by atoms with E-state index >= 15 is 0 Å². The van der Waals surface area contributed by atoms with Crippen molar-refractivity contribution in [2.75, 3.05) is 11.5 Å². The van der Waals surface area contributed by atoms with Gasteiger partial charge in [0.05, 0.1) is 15.7 Å². The molecule has 2 nitrogen and oxygen atoms in total. The van der Waals surface area contributed by atoms with Gasteiger partial charge in [0.1, 0.15) is 5.82 Å². The zero-order chi connectivity index (χ0) is 12.1. The summed E-state index contributed by atoms with van der Waals surface area (Å²) in [6.45, 7) is 4.12. The fraction of sp³-hybridized carbons (Fsp3) is 0.500. The highest BCUT2D eigenvalue weighted by molar-refractivity contribution is 7.85. The van der Waals surface area contributed by atoms with Crippen molar-refractivity contribution in [2.24, 2.45) is 5.92 Å². The molecule has 0 radical (unpaired) electrons. The Morgan fingerprint density at radius 2 is 2.19 bits per heavy atom. The van der Waals surface area contributed by atoms with Crippen molar-refractivity contribution in [2.45, 2.75) is 31.6 Å². The zero-order valence-corrected chi connectivity index (χ0v) is 10.5. The van der Waals surface area contributed by atoms with Gasteiger partial charge < -0.3 is 5.73 Å². The van der Waals surface area contributed by atoms with Gasteiger partial charge in [0.15, 0.2) is 0 Å². The summed E-state index contributed by atoms with van der Waals surface area (Å²) in [4.78, 5) is 0.261. The Labute approximate surface area is 98.5 Å². The average Bonchev–Trinajstić information content (AvgIpc) is 2.17. The van der Waals surface area contributed by atoms with Crippen LogP contribution in [0.5, 0.6) is 0 Å². The average molecular weight is 243 g/mol. The molecule has 2 atom stereocenters. The van der Waals surface area contributed by atoms with Crippen LogP contribution in [-0.4, -0.2) is 9.96 Å². The second kappa shape index (κ2) is 5.99. The van der Waals surface area contributed by atoms with Crippen LogP contribution in [0.25, 0.3) is 0 Å². The maximum atomic E-state index is 13.5. The van der Waals surface area contributed by atoms with Gasteiger partial charge in [-0.15, -0.1) is 0 Å². The monoisotopic (exact) mass is 243 g/mol. The van der Waals surface area contributed by atoms with Gasteiger partial charge in [-0.2, -0.15) is 0 Å². The molecule has 0 aliphatic heterocycles. The molecule has 0 spiro atoms. The minimum atomic E-state index is -1.27. The Morgan fingerprint density at radius 3 is 2.75 bits per heavy atom.